The van der Waals surface area contributed by atoms with Crippen LogP contribution in [0, 0.1) is 0 Å². The molecule has 0 aromatic heterocycles. The molecule has 1 aromatic carbocycles. The van der Waals surface area contributed by atoms with Gasteiger partial charge in [0.15, 0.2) is 0 Å². The topological polar surface area (TPSA) is 71.0 Å². The Morgan fingerprint density at radius 3 is 2.72 bits per heavy atom. The van der Waals surface area contributed by atoms with Crippen molar-refractivity contribution in [1.82, 2.24) is 10.2 Å². The van der Waals surface area contributed by atoms with Gasteiger partial charge in [0, 0.05) is 31.3 Å². The molecule has 25 heavy (non-hydrogen) atoms. The van der Waals surface area contributed by atoms with Gasteiger partial charge in [0.1, 0.15) is 0 Å². The van der Waals surface area contributed by atoms with E-state index < -0.39 is 0 Å². The summed E-state index contributed by atoms with van der Waals surface area (Å²) in [6.45, 7) is 3.29. The zero-order valence-electron chi connectivity index (χ0n) is 14.6. The SMILES string of the molecule is O=C(c1ccccc1)N1CCC(N[C@H]2COCC[C@H]2OCCO)CC1. The number of aliphatic hydroxyl groups is 1. The second-order valence-electron chi connectivity index (χ2n) is 6.70. The summed E-state index contributed by atoms with van der Waals surface area (Å²) in [4.78, 5) is 14.4. The number of hydrogen-bond donors (Lipinski definition) is 2. The highest BCUT2D eigenvalue weighted by Crippen LogP contribution is 2.18. The highest BCUT2D eigenvalue weighted by Gasteiger charge is 2.30. The average molecular weight is 348 g/mol. The molecule has 0 saturated carbocycles. The lowest BCUT2D eigenvalue weighted by Gasteiger charge is -2.38. The number of ether oxygens (including phenoxy) is 2. The Balaban J connectivity index is 1.47. The summed E-state index contributed by atoms with van der Waals surface area (Å²) in [5.41, 5.74) is 0.757. The van der Waals surface area contributed by atoms with Crippen LogP contribution in [-0.2, 0) is 9.47 Å². The molecule has 2 aliphatic heterocycles. The molecule has 3 rings (SSSR count). The maximum Gasteiger partial charge on any atom is 0.253 e. The highest BCUT2D eigenvalue weighted by atomic mass is 16.5. The zero-order chi connectivity index (χ0) is 17.5. The number of hydrogen-bond acceptors (Lipinski definition) is 5. The van der Waals surface area contributed by atoms with Gasteiger partial charge in [-0.3, -0.25) is 4.79 Å². The third kappa shape index (κ3) is 5.01. The number of nitrogens with one attached hydrogen (secondary N) is 1. The Kier molecular flexibility index (Phi) is 6.81. The maximum atomic E-state index is 12.5. The summed E-state index contributed by atoms with van der Waals surface area (Å²) in [6.07, 6.45) is 2.80. The van der Waals surface area contributed by atoms with Crippen molar-refractivity contribution in [3.8, 4) is 0 Å². The number of likely N-dealkylation sites (tertiary alicyclic amines) is 1. The second-order valence-corrected chi connectivity index (χ2v) is 6.70. The third-order valence-corrected chi connectivity index (χ3v) is 4.97. The first kappa shape index (κ1) is 18.3. The van der Waals surface area contributed by atoms with Gasteiger partial charge in [-0.1, -0.05) is 18.2 Å². The minimum Gasteiger partial charge on any atom is -0.394 e. The van der Waals surface area contributed by atoms with Crippen molar-refractivity contribution < 1.29 is 19.4 Å². The van der Waals surface area contributed by atoms with Gasteiger partial charge in [-0.25, -0.2) is 0 Å². The Morgan fingerprint density at radius 2 is 2.00 bits per heavy atom. The van der Waals surface area contributed by atoms with E-state index in [4.69, 9.17) is 14.6 Å². The first-order valence-electron chi connectivity index (χ1n) is 9.18. The average Bonchev–Trinajstić information content (AvgIpc) is 2.68. The Bertz CT molecular complexity index is 531. The van der Waals surface area contributed by atoms with E-state index >= 15 is 0 Å². The first-order chi connectivity index (χ1) is 12.3. The van der Waals surface area contributed by atoms with Crippen LogP contribution in [0.2, 0.25) is 0 Å². The fourth-order valence-corrected chi connectivity index (χ4v) is 3.59. The van der Waals surface area contributed by atoms with E-state index in [9.17, 15) is 4.79 Å². The van der Waals surface area contributed by atoms with Crippen LogP contribution in [0.15, 0.2) is 30.3 Å². The smallest absolute Gasteiger partial charge is 0.253 e. The second kappa shape index (κ2) is 9.29. The molecule has 0 radical (unpaired) electrons. The number of rotatable bonds is 6. The van der Waals surface area contributed by atoms with E-state index in [-0.39, 0.29) is 24.7 Å². The molecule has 6 heteroatoms. The van der Waals surface area contributed by atoms with Gasteiger partial charge in [0.25, 0.3) is 5.91 Å². The minimum absolute atomic E-state index is 0.0457. The monoisotopic (exact) mass is 348 g/mol. The summed E-state index contributed by atoms with van der Waals surface area (Å²) in [5.74, 6) is 0.115. The third-order valence-electron chi connectivity index (χ3n) is 4.97. The summed E-state index contributed by atoms with van der Waals surface area (Å²) >= 11 is 0. The Labute approximate surface area is 149 Å². The van der Waals surface area contributed by atoms with Crippen molar-refractivity contribution in [3.63, 3.8) is 0 Å². The van der Waals surface area contributed by atoms with Gasteiger partial charge in [-0.05, 0) is 31.4 Å². The van der Waals surface area contributed by atoms with E-state index in [0.717, 1.165) is 37.9 Å². The predicted octanol–water partition coefficient (Wildman–Crippen LogP) is 1.05. The van der Waals surface area contributed by atoms with Crippen LogP contribution in [0.4, 0.5) is 0 Å². The van der Waals surface area contributed by atoms with Crippen molar-refractivity contribution in [2.24, 2.45) is 0 Å². The molecular formula is C19H28N2O4. The van der Waals surface area contributed by atoms with Crippen LogP contribution in [0.1, 0.15) is 29.6 Å². The molecule has 0 bridgehead atoms. The predicted molar refractivity (Wildman–Crippen MR) is 94.6 cm³/mol. The summed E-state index contributed by atoms with van der Waals surface area (Å²) in [5, 5.41) is 12.6. The fraction of sp³-hybridized carbons (Fsp3) is 0.632. The number of aliphatic hydroxyl groups excluding tert-OH is 1. The number of piperidine rings is 1. The summed E-state index contributed by atoms with van der Waals surface area (Å²) < 4.78 is 11.3. The molecule has 2 atom stereocenters. The van der Waals surface area contributed by atoms with Gasteiger partial charge >= 0.3 is 0 Å². The van der Waals surface area contributed by atoms with E-state index in [2.05, 4.69) is 5.32 Å². The molecule has 0 spiro atoms. The van der Waals surface area contributed by atoms with E-state index in [0.29, 0.717) is 25.9 Å². The summed E-state index contributed by atoms with van der Waals surface area (Å²) in [6, 6.07) is 9.99. The van der Waals surface area contributed by atoms with Crippen molar-refractivity contribution in [2.45, 2.75) is 37.5 Å². The standard InChI is InChI=1S/C19H28N2O4/c22-11-13-25-18-8-12-24-14-17(18)20-16-6-9-21(10-7-16)19(23)15-4-2-1-3-5-15/h1-5,16-18,20,22H,6-14H2/t17-,18+/m0/s1. The van der Waals surface area contributed by atoms with Crippen molar-refractivity contribution in [2.75, 3.05) is 39.5 Å². The van der Waals surface area contributed by atoms with Crippen molar-refractivity contribution >= 4 is 5.91 Å². The van der Waals surface area contributed by atoms with Gasteiger partial charge < -0.3 is 24.8 Å². The largest absolute Gasteiger partial charge is 0.394 e. The molecule has 2 aliphatic rings. The van der Waals surface area contributed by atoms with Crippen LogP contribution in [0.3, 0.4) is 0 Å². The molecule has 0 unspecified atom stereocenters. The Morgan fingerprint density at radius 1 is 1.24 bits per heavy atom. The first-order valence-corrected chi connectivity index (χ1v) is 9.18. The lowest BCUT2D eigenvalue weighted by Crippen LogP contribution is -2.55. The molecule has 2 heterocycles. The van der Waals surface area contributed by atoms with Crippen LogP contribution in [0.5, 0.6) is 0 Å². The van der Waals surface area contributed by atoms with E-state index in [1.807, 2.05) is 35.2 Å². The molecular weight excluding hydrogens is 320 g/mol. The van der Waals surface area contributed by atoms with Crippen molar-refractivity contribution in [1.29, 1.82) is 0 Å². The molecule has 1 aromatic rings. The number of benzene rings is 1. The van der Waals surface area contributed by atoms with Gasteiger partial charge in [-0.2, -0.15) is 0 Å². The fourth-order valence-electron chi connectivity index (χ4n) is 3.59. The van der Waals surface area contributed by atoms with Crippen molar-refractivity contribution in [3.05, 3.63) is 35.9 Å². The van der Waals surface area contributed by atoms with Gasteiger partial charge in [0.05, 0.1) is 32.0 Å². The Hall–Kier alpha value is -1.47. The molecule has 1 amide bonds. The quantitative estimate of drug-likeness (QED) is 0.804. The number of carbonyl (C=O) groups excluding carboxylic acids is 1. The maximum absolute atomic E-state index is 12.5. The van der Waals surface area contributed by atoms with E-state index in [1.54, 1.807) is 0 Å². The van der Waals surface area contributed by atoms with Crippen LogP contribution < -0.4 is 5.32 Å². The summed E-state index contributed by atoms with van der Waals surface area (Å²) in [7, 11) is 0. The lowest BCUT2D eigenvalue weighted by atomic mass is 9.99. The molecule has 2 N–H and O–H groups in total. The molecule has 138 valence electrons. The number of amides is 1. The molecule has 0 aliphatic carbocycles. The minimum atomic E-state index is 0.0457. The van der Waals surface area contributed by atoms with Crippen LogP contribution in [0.25, 0.3) is 0 Å². The molecule has 6 nitrogen and oxygen atoms in total. The van der Waals surface area contributed by atoms with E-state index in [1.165, 1.54) is 0 Å². The van der Waals surface area contributed by atoms with Crippen LogP contribution >= 0.6 is 0 Å². The zero-order valence-corrected chi connectivity index (χ0v) is 14.6. The van der Waals surface area contributed by atoms with Gasteiger partial charge in [-0.15, -0.1) is 0 Å². The highest BCUT2D eigenvalue weighted by molar-refractivity contribution is 5.94. The van der Waals surface area contributed by atoms with Gasteiger partial charge in [0.2, 0.25) is 0 Å². The lowest BCUT2D eigenvalue weighted by molar-refractivity contribution is -0.0669. The number of carbonyl (C=O) groups is 1. The van der Waals surface area contributed by atoms with Crippen LogP contribution in [-0.4, -0.2) is 73.6 Å². The number of nitrogens with zero attached hydrogens (tertiary/aromatic N) is 1. The molecule has 2 saturated heterocycles. The molecule has 2 fully saturated rings. The normalized spacial score (nSPS) is 25.1.